The molecular weight excluding hydrogens is 410 g/mol. The second kappa shape index (κ2) is 8.36. The van der Waals surface area contributed by atoms with E-state index in [-0.39, 0.29) is 11.4 Å². The van der Waals surface area contributed by atoms with E-state index in [4.69, 9.17) is 0 Å². The molecule has 0 aliphatic heterocycles. The minimum atomic E-state index is -0.748. The number of nitro benzene ring substituents is 3. The summed E-state index contributed by atoms with van der Waals surface area (Å²) in [5, 5.41) is 41.4. The highest BCUT2D eigenvalue weighted by Crippen LogP contribution is 2.29. The van der Waals surface area contributed by atoms with Gasteiger partial charge in [0.1, 0.15) is 5.69 Å². The van der Waals surface area contributed by atoms with Crippen LogP contribution in [0.15, 0.2) is 47.6 Å². The van der Waals surface area contributed by atoms with Crippen LogP contribution >= 0.6 is 0 Å². The third-order valence-electron chi connectivity index (χ3n) is 4.40. The van der Waals surface area contributed by atoms with Crippen LogP contribution in [-0.2, 0) is 0 Å². The number of anilines is 1. The number of hydrogen-bond acceptors (Lipinski definition) is 9. The van der Waals surface area contributed by atoms with Gasteiger partial charge in [0.2, 0.25) is 0 Å². The highest BCUT2D eigenvalue weighted by Gasteiger charge is 2.19. The molecule has 13 nitrogen and oxygen atoms in total. The fourth-order valence-corrected chi connectivity index (χ4v) is 2.88. The number of nitrogens with one attached hydrogen (secondary N) is 1. The van der Waals surface area contributed by atoms with Crippen LogP contribution in [0.1, 0.15) is 17.0 Å². The van der Waals surface area contributed by atoms with Crippen molar-refractivity contribution in [3.63, 3.8) is 0 Å². The van der Waals surface area contributed by atoms with Crippen LogP contribution in [0.5, 0.6) is 0 Å². The van der Waals surface area contributed by atoms with Crippen molar-refractivity contribution < 1.29 is 14.8 Å². The van der Waals surface area contributed by atoms with Crippen molar-refractivity contribution in [2.45, 2.75) is 13.8 Å². The summed E-state index contributed by atoms with van der Waals surface area (Å²) in [6.07, 6.45) is 1.40. The van der Waals surface area contributed by atoms with Crippen LogP contribution < -0.4 is 5.43 Å². The van der Waals surface area contributed by atoms with E-state index in [1.807, 2.05) is 0 Å². The van der Waals surface area contributed by atoms with Crippen LogP contribution in [0.25, 0.3) is 5.69 Å². The average molecular weight is 425 g/mol. The lowest BCUT2D eigenvalue weighted by Gasteiger charge is -2.04. The zero-order valence-electron chi connectivity index (χ0n) is 16.3. The van der Waals surface area contributed by atoms with Crippen molar-refractivity contribution in [2.24, 2.45) is 5.10 Å². The Kier molecular flexibility index (Phi) is 5.67. The summed E-state index contributed by atoms with van der Waals surface area (Å²) < 4.78 is 1.53. The number of non-ortho nitro benzene ring substituents is 2. The predicted octanol–water partition coefficient (Wildman–Crippen LogP) is 3.66. The number of rotatable bonds is 7. The van der Waals surface area contributed by atoms with E-state index in [0.717, 1.165) is 12.1 Å². The SMILES string of the molecule is Cc1nn(-c2cccc([N+](=O)[O-])c2)c(C)c1/C=N/Nc1ccc([N+](=O)[O-])cc1[N+](=O)[O-]. The Balaban J connectivity index is 1.89. The minimum Gasteiger partial charge on any atom is -0.272 e. The summed E-state index contributed by atoms with van der Waals surface area (Å²) >= 11 is 0. The number of aromatic nitrogens is 2. The van der Waals surface area contributed by atoms with E-state index < -0.39 is 26.1 Å². The Morgan fingerprint density at radius 3 is 2.29 bits per heavy atom. The Bertz CT molecular complexity index is 1230. The fraction of sp³-hybridized carbons (Fsp3) is 0.111. The van der Waals surface area contributed by atoms with E-state index >= 15 is 0 Å². The lowest BCUT2D eigenvalue weighted by Crippen LogP contribution is -2.01. The van der Waals surface area contributed by atoms with Gasteiger partial charge in [0.25, 0.3) is 11.4 Å². The molecule has 3 rings (SSSR count). The summed E-state index contributed by atoms with van der Waals surface area (Å²) in [6, 6.07) is 9.15. The van der Waals surface area contributed by atoms with Crippen LogP contribution in [0.2, 0.25) is 0 Å². The standard InChI is InChI=1S/C18H15N7O6/c1-11-16(12(2)22(21-11)13-4-3-5-14(8-13)23(26)27)10-19-20-17-7-6-15(24(28)29)9-18(17)25(30)31/h3-10,20H,1-2H3/b19-10+. The third kappa shape index (κ3) is 4.34. The summed E-state index contributed by atoms with van der Waals surface area (Å²) in [6.45, 7) is 3.46. The van der Waals surface area contributed by atoms with Gasteiger partial charge in [0.05, 0.1) is 44.1 Å². The summed E-state index contributed by atoms with van der Waals surface area (Å²) in [4.78, 5) is 31.1. The smallest absolute Gasteiger partial charge is 0.272 e. The first-order valence-corrected chi connectivity index (χ1v) is 8.72. The molecule has 0 spiro atoms. The summed E-state index contributed by atoms with van der Waals surface area (Å²) in [5.74, 6) is 0. The fourth-order valence-electron chi connectivity index (χ4n) is 2.88. The van der Waals surface area contributed by atoms with Gasteiger partial charge in [0.15, 0.2) is 0 Å². The van der Waals surface area contributed by atoms with E-state index in [2.05, 4.69) is 15.6 Å². The molecule has 0 amide bonds. The predicted molar refractivity (Wildman–Crippen MR) is 111 cm³/mol. The lowest BCUT2D eigenvalue weighted by atomic mass is 10.2. The molecule has 0 fully saturated rings. The number of nitro groups is 3. The van der Waals surface area contributed by atoms with Gasteiger partial charge in [-0.25, -0.2) is 4.68 Å². The Labute approximate surface area is 174 Å². The highest BCUT2D eigenvalue weighted by molar-refractivity contribution is 5.83. The zero-order valence-corrected chi connectivity index (χ0v) is 16.3. The number of aryl methyl sites for hydroxylation is 1. The van der Waals surface area contributed by atoms with Gasteiger partial charge in [-0.2, -0.15) is 10.2 Å². The molecule has 0 saturated carbocycles. The maximum absolute atomic E-state index is 11.2. The molecule has 3 aromatic rings. The Morgan fingerprint density at radius 1 is 0.968 bits per heavy atom. The normalized spacial score (nSPS) is 10.9. The molecule has 1 aromatic heterocycles. The zero-order chi connectivity index (χ0) is 22.7. The van der Waals surface area contributed by atoms with Crippen molar-refractivity contribution in [1.29, 1.82) is 0 Å². The van der Waals surface area contributed by atoms with E-state index in [1.165, 1.54) is 29.1 Å². The molecule has 0 aliphatic carbocycles. The second-order valence-corrected chi connectivity index (χ2v) is 6.36. The molecule has 0 radical (unpaired) electrons. The summed E-state index contributed by atoms with van der Waals surface area (Å²) in [5.41, 5.74) is 3.83. The first-order valence-electron chi connectivity index (χ1n) is 8.72. The molecule has 0 unspecified atom stereocenters. The third-order valence-corrected chi connectivity index (χ3v) is 4.40. The number of benzene rings is 2. The molecule has 31 heavy (non-hydrogen) atoms. The van der Waals surface area contributed by atoms with Crippen LogP contribution in [0.4, 0.5) is 22.7 Å². The van der Waals surface area contributed by atoms with E-state index in [0.29, 0.717) is 22.6 Å². The molecular formula is C18H15N7O6. The second-order valence-electron chi connectivity index (χ2n) is 6.36. The van der Waals surface area contributed by atoms with Crippen molar-refractivity contribution in [3.8, 4) is 5.69 Å². The first-order chi connectivity index (χ1) is 14.7. The molecule has 2 aromatic carbocycles. The van der Waals surface area contributed by atoms with Gasteiger partial charge >= 0.3 is 5.69 Å². The van der Waals surface area contributed by atoms with E-state index in [1.54, 1.807) is 26.0 Å². The number of hydrazone groups is 1. The maximum atomic E-state index is 11.2. The monoisotopic (exact) mass is 425 g/mol. The van der Waals surface area contributed by atoms with Gasteiger partial charge in [-0.15, -0.1) is 0 Å². The Morgan fingerprint density at radius 2 is 1.65 bits per heavy atom. The molecule has 1 N–H and O–H groups in total. The quantitative estimate of drug-likeness (QED) is 0.339. The van der Waals surface area contributed by atoms with Crippen molar-refractivity contribution >= 4 is 29.0 Å². The Hall–Kier alpha value is -4.68. The highest BCUT2D eigenvalue weighted by atomic mass is 16.6. The molecule has 0 aliphatic rings. The van der Waals surface area contributed by atoms with Crippen molar-refractivity contribution in [2.75, 3.05) is 5.43 Å². The molecule has 0 bridgehead atoms. The lowest BCUT2D eigenvalue weighted by molar-refractivity contribution is -0.393. The van der Waals surface area contributed by atoms with Gasteiger partial charge < -0.3 is 0 Å². The molecule has 13 heteroatoms. The van der Waals surface area contributed by atoms with Gasteiger partial charge in [-0.3, -0.25) is 35.8 Å². The van der Waals surface area contributed by atoms with Crippen molar-refractivity contribution in [1.82, 2.24) is 9.78 Å². The maximum Gasteiger partial charge on any atom is 0.301 e. The number of hydrogen-bond donors (Lipinski definition) is 1. The molecule has 1 heterocycles. The van der Waals surface area contributed by atoms with E-state index in [9.17, 15) is 30.3 Å². The van der Waals surface area contributed by atoms with Crippen molar-refractivity contribution in [3.05, 3.63) is 89.8 Å². The largest absolute Gasteiger partial charge is 0.301 e. The van der Waals surface area contributed by atoms with Gasteiger partial charge in [-0.1, -0.05) is 6.07 Å². The van der Waals surface area contributed by atoms with Crippen LogP contribution in [-0.4, -0.2) is 30.8 Å². The molecule has 0 atom stereocenters. The van der Waals surface area contributed by atoms with Gasteiger partial charge in [-0.05, 0) is 26.0 Å². The summed E-state index contributed by atoms with van der Waals surface area (Å²) in [7, 11) is 0. The minimum absolute atomic E-state index is 0.0202. The molecule has 158 valence electrons. The topological polar surface area (TPSA) is 172 Å². The number of nitrogens with zero attached hydrogens (tertiary/aromatic N) is 6. The van der Waals surface area contributed by atoms with Crippen LogP contribution in [0.3, 0.4) is 0 Å². The average Bonchev–Trinajstić information content (AvgIpc) is 3.02. The van der Waals surface area contributed by atoms with Crippen LogP contribution in [0, 0.1) is 44.2 Å². The molecule has 0 saturated heterocycles. The van der Waals surface area contributed by atoms with Gasteiger partial charge in [0, 0.05) is 23.8 Å². The first kappa shape index (κ1) is 21.0.